The number of carbonyl (C=O) groups is 1. The molecule has 0 bridgehead atoms. The Balaban J connectivity index is 1.56. The molecule has 3 rings (SSSR count). The van der Waals surface area contributed by atoms with Crippen LogP contribution in [-0.2, 0) is 11.3 Å². The zero-order valence-corrected chi connectivity index (χ0v) is 16.4. The van der Waals surface area contributed by atoms with Crippen LogP contribution in [0.15, 0.2) is 66.7 Å². The van der Waals surface area contributed by atoms with Gasteiger partial charge in [0.15, 0.2) is 0 Å². The second-order valence-corrected chi connectivity index (χ2v) is 6.42. The van der Waals surface area contributed by atoms with Gasteiger partial charge in [-0.15, -0.1) is 0 Å². The highest BCUT2D eigenvalue weighted by Crippen LogP contribution is 2.25. The molecular weight excluding hydrogens is 389 g/mol. The standard InChI is InChI=1S/C23H22FNO5/c1-28-11-12-29-20-9-10-21(22(26)14-20)23(27)25-18-5-7-19(8-6-18)30-15-16-3-2-4-17(24)13-16/h2-10,13-14,26H,11-12,15H2,1H3,(H,25,27). The minimum Gasteiger partial charge on any atom is -0.507 e. The van der Waals surface area contributed by atoms with Crippen LogP contribution in [0.4, 0.5) is 10.1 Å². The smallest absolute Gasteiger partial charge is 0.259 e. The van der Waals surface area contributed by atoms with Gasteiger partial charge in [-0.25, -0.2) is 4.39 Å². The van der Waals surface area contributed by atoms with Gasteiger partial charge in [0, 0.05) is 18.9 Å². The van der Waals surface area contributed by atoms with Gasteiger partial charge in [0.05, 0.1) is 12.2 Å². The quantitative estimate of drug-likeness (QED) is 0.511. The van der Waals surface area contributed by atoms with Gasteiger partial charge < -0.3 is 24.6 Å². The average Bonchev–Trinajstić information content (AvgIpc) is 2.73. The molecule has 0 heterocycles. The van der Waals surface area contributed by atoms with Crippen LogP contribution in [0, 0.1) is 5.82 Å². The zero-order valence-electron chi connectivity index (χ0n) is 16.4. The van der Waals surface area contributed by atoms with Crippen LogP contribution in [0.3, 0.4) is 0 Å². The number of ether oxygens (including phenoxy) is 3. The molecule has 0 saturated carbocycles. The maximum absolute atomic E-state index is 13.2. The molecule has 0 aliphatic heterocycles. The number of methoxy groups -OCH3 is 1. The molecule has 3 aromatic carbocycles. The fourth-order valence-electron chi connectivity index (χ4n) is 2.66. The minimum absolute atomic E-state index is 0.125. The van der Waals surface area contributed by atoms with E-state index in [1.165, 1.54) is 24.3 Å². The van der Waals surface area contributed by atoms with Gasteiger partial charge in [-0.2, -0.15) is 0 Å². The summed E-state index contributed by atoms with van der Waals surface area (Å²) >= 11 is 0. The van der Waals surface area contributed by atoms with Gasteiger partial charge in [0.25, 0.3) is 5.91 Å². The lowest BCUT2D eigenvalue weighted by atomic mass is 10.1. The number of anilines is 1. The summed E-state index contributed by atoms with van der Waals surface area (Å²) in [5, 5.41) is 12.8. The number of aromatic hydroxyl groups is 1. The molecular formula is C23H22FNO5. The van der Waals surface area contributed by atoms with E-state index in [0.717, 1.165) is 5.56 Å². The molecule has 0 atom stereocenters. The first kappa shape index (κ1) is 21.1. The summed E-state index contributed by atoms with van der Waals surface area (Å²) in [5.41, 5.74) is 1.39. The summed E-state index contributed by atoms with van der Waals surface area (Å²) in [7, 11) is 1.57. The third kappa shape index (κ3) is 5.96. The molecule has 6 nitrogen and oxygen atoms in total. The molecule has 156 valence electrons. The molecule has 1 amide bonds. The van der Waals surface area contributed by atoms with Gasteiger partial charge >= 0.3 is 0 Å². The third-order valence-electron chi connectivity index (χ3n) is 4.18. The van der Waals surface area contributed by atoms with Gasteiger partial charge in [0.2, 0.25) is 0 Å². The van der Waals surface area contributed by atoms with Crippen LogP contribution in [0.5, 0.6) is 17.2 Å². The summed E-state index contributed by atoms with van der Waals surface area (Å²) in [5.74, 6) is 0.0763. The van der Waals surface area contributed by atoms with Crippen LogP contribution in [0.25, 0.3) is 0 Å². The topological polar surface area (TPSA) is 77.0 Å². The van der Waals surface area contributed by atoms with E-state index in [1.807, 2.05) is 0 Å². The van der Waals surface area contributed by atoms with Crippen molar-refractivity contribution in [1.82, 2.24) is 0 Å². The fraction of sp³-hybridized carbons (Fsp3) is 0.174. The molecule has 0 unspecified atom stereocenters. The molecule has 0 aliphatic carbocycles. The number of carbonyl (C=O) groups excluding carboxylic acids is 1. The van der Waals surface area contributed by atoms with Crippen molar-refractivity contribution in [1.29, 1.82) is 0 Å². The first-order valence-corrected chi connectivity index (χ1v) is 9.28. The van der Waals surface area contributed by atoms with E-state index < -0.39 is 5.91 Å². The molecule has 2 N–H and O–H groups in total. The second-order valence-electron chi connectivity index (χ2n) is 6.42. The van der Waals surface area contributed by atoms with E-state index in [9.17, 15) is 14.3 Å². The Morgan fingerprint density at radius 3 is 2.43 bits per heavy atom. The molecule has 3 aromatic rings. The first-order chi connectivity index (χ1) is 14.5. The van der Waals surface area contributed by atoms with Crippen molar-refractivity contribution in [3.8, 4) is 17.2 Å². The maximum Gasteiger partial charge on any atom is 0.259 e. The number of halogens is 1. The van der Waals surface area contributed by atoms with Gasteiger partial charge in [-0.3, -0.25) is 4.79 Å². The Labute approximate surface area is 173 Å². The first-order valence-electron chi connectivity index (χ1n) is 9.28. The van der Waals surface area contributed by atoms with Crippen LogP contribution in [0.1, 0.15) is 15.9 Å². The summed E-state index contributed by atoms with van der Waals surface area (Å²) in [6.45, 7) is 0.996. The zero-order chi connectivity index (χ0) is 21.3. The van der Waals surface area contributed by atoms with Crippen molar-refractivity contribution in [2.75, 3.05) is 25.6 Å². The molecule has 0 radical (unpaired) electrons. The Bertz CT molecular complexity index is 991. The van der Waals surface area contributed by atoms with Crippen molar-refractivity contribution in [2.45, 2.75) is 6.61 Å². The number of hydrogen-bond acceptors (Lipinski definition) is 5. The van der Waals surface area contributed by atoms with E-state index in [1.54, 1.807) is 49.6 Å². The molecule has 0 aliphatic rings. The van der Waals surface area contributed by atoms with Gasteiger partial charge in [0.1, 0.15) is 36.3 Å². The number of hydrogen-bond donors (Lipinski definition) is 2. The Morgan fingerprint density at radius 2 is 1.73 bits per heavy atom. The van der Waals surface area contributed by atoms with Crippen LogP contribution >= 0.6 is 0 Å². The molecule has 0 saturated heterocycles. The highest BCUT2D eigenvalue weighted by atomic mass is 19.1. The summed E-state index contributed by atoms with van der Waals surface area (Å²) in [6, 6.07) is 17.4. The molecule has 30 heavy (non-hydrogen) atoms. The second kappa shape index (κ2) is 10.3. The monoisotopic (exact) mass is 411 g/mol. The van der Waals surface area contributed by atoms with Crippen molar-refractivity contribution >= 4 is 11.6 Å². The Hall–Kier alpha value is -3.58. The van der Waals surface area contributed by atoms with Crippen molar-refractivity contribution < 1.29 is 28.5 Å². The number of rotatable bonds is 9. The normalized spacial score (nSPS) is 10.5. The summed E-state index contributed by atoms with van der Waals surface area (Å²) < 4.78 is 29.1. The number of benzene rings is 3. The molecule has 0 fully saturated rings. The lowest BCUT2D eigenvalue weighted by Crippen LogP contribution is -2.12. The molecule has 7 heteroatoms. The van der Waals surface area contributed by atoms with Crippen LogP contribution in [0.2, 0.25) is 0 Å². The van der Waals surface area contributed by atoms with Gasteiger partial charge in [-0.05, 0) is 54.1 Å². The minimum atomic E-state index is -0.454. The Kier molecular flexibility index (Phi) is 7.24. The molecule has 0 aromatic heterocycles. The fourth-order valence-corrected chi connectivity index (χ4v) is 2.66. The van der Waals surface area contributed by atoms with E-state index in [2.05, 4.69) is 5.32 Å². The van der Waals surface area contributed by atoms with E-state index in [-0.39, 0.29) is 23.7 Å². The predicted molar refractivity (Wildman–Crippen MR) is 111 cm³/mol. The number of amides is 1. The van der Waals surface area contributed by atoms with E-state index in [4.69, 9.17) is 14.2 Å². The van der Waals surface area contributed by atoms with Crippen molar-refractivity contribution in [2.24, 2.45) is 0 Å². The summed E-state index contributed by atoms with van der Waals surface area (Å²) in [6.07, 6.45) is 0. The van der Waals surface area contributed by atoms with E-state index >= 15 is 0 Å². The van der Waals surface area contributed by atoms with Crippen molar-refractivity contribution in [3.05, 3.63) is 83.7 Å². The predicted octanol–water partition coefficient (Wildman–Crippen LogP) is 4.39. The SMILES string of the molecule is COCCOc1ccc(C(=O)Nc2ccc(OCc3cccc(F)c3)cc2)c(O)c1. The van der Waals surface area contributed by atoms with Gasteiger partial charge in [-0.1, -0.05) is 12.1 Å². The van der Waals surface area contributed by atoms with E-state index in [0.29, 0.717) is 30.4 Å². The number of phenols is 1. The maximum atomic E-state index is 13.2. The largest absolute Gasteiger partial charge is 0.507 e. The third-order valence-corrected chi connectivity index (χ3v) is 4.18. The molecule has 0 spiro atoms. The lowest BCUT2D eigenvalue weighted by molar-refractivity contribution is 0.102. The highest BCUT2D eigenvalue weighted by molar-refractivity contribution is 6.06. The number of phenolic OH excluding ortho intramolecular Hbond substituents is 1. The Morgan fingerprint density at radius 1 is 0.967 bits per heavy atom. The van der Waals surface area contributed by atoms with Crippen molar-refractivity contribution in [3.63, 3.8) is 0 Å². The lowest BCUT2D eigenvalue weighted by Gasteiger charge is -2.11. The average molecular weight is 411 g/mol. The highest BCUT2D eigenvalue weighted by Gasteiger charge is 2.12. The number of nitrogens with one attached hydrogen (secondary N) is 1. The van der Waals surface area contributed by atoms with Crippen LogP contribution in [-0.4, -0.2) is 31.3 Å². The van der Waals surface area contributed by atoms with Crippen LogP contribution < -0.4 is 14.8 Å². The summed E-state index contributed by atoms with van der Waals surface area (Å²) in [4.78, 5) is 12.4.